The standard InChI is InChI=1S/C40H74O7/c1-4-7-10-13-16-19-26-38(41)45-34-23-25-36(46-39(42)27-20-17-14-11-8-5-2)31-32-37(30-29-35-24-22-33-44-35)47-40(43)28-21-18-15-12-9-6-3/h35-37H,4-34H2,1-3H3. The molecule has 3 atom stereocenters. The molecule has 1 fully saturated rings. The summed E-state index contributed by atoms with van der Waals surface area (Å²) in [5, 5.41) is 0. The van der Waals surface area contributed by atoms with Crippen molar-refractivity contribution in [3.8, 4) is 0 Å². The molecule has 7 heteroatoms. The van der Waals surface area contributed by atoms with Crippen LogP contribution in [-0.2, 0) is 33.3 Å². The molecule has 1 saturated heterocycles. The predicted molar refractivity (Wildman–Crippen MR) is 191 cm³/mol. The molecule has 1 aliphatic rings. The minimum absolute atomic E-state index is 0.119. The molecule has 0 aromatic carbocycles. The Kier molecular flexibility index (Phi) is 29.2. The first-order valence-corrected chi connectivity index (χ1v) is 20.1. The molecule has 0 bridgehead atoms. The van der Waals surface area contributed by atoms with Crippen LogP contribution < -0.4 is 0 Å². The van der Waals surface area contributed by atoms with E-state index in [0.29, 0.717) is 51.6 Å². The zero-order valence-corrected chi connectivity index (χ0v) is 31.0. The lowest BCUT2D eigenvalue weighted by molar-refractivity contribution is -0.154. The molecule has 0 aromatic heterocycles. The first kappa shape index (κ1) is 43.4. The van der Waals surface area contributed by atoms with Gasteiger partial charge in [-0.2, -0.15) is 0 Å². The molecule has 0 saturated carbocycles. The van der Waals surface area contributed by atoms with Crippen molar-refractivity contribution in [2.45, 2.75) is 225 Å². The second kappa shape index (κ2) is 31.6. The molecular formula is C40H74O7. The SMILES string of the molecule is CCCCCCCCC(=O)OCCCC(CCC(CCC1CCCO1)OC(=O)CCCCCCCC)OC(=O)CCCCCCCC. The van der Waals surface area contributed by atoms with Crippen molar-refractivity contribution in [3.05, 3.63) is 0 Å². The lowest BCUT2D eigenvalue weighted by atomic mass is 10.0. The van der Waals surface area contributed by atoms with E-state index in [1.54, 1.807) is 0 Å². The fourth-order valence-corrected chi connectivity index (χ4v) is 6.35. The van der Waals surface area contributed by atoms with Crippen LogP contribution in [0.1, 0.15) is 207 Å². The second-order valence-corrected chi connectivity index (χ2v) is 13.9. The maximum atomic E-state index is 12.8. The molecule has 276 valence electrons. The van der Waals surface area contributed by atoms with Crippen LogP contribution in [0.15, 0.2) is 0 Å². The van der Waals surface area contributed by atoms with Crippen molar-refractivity contribution in [1.82, 2.24) is 0 Å². The average Bonchev–Trinajstić information content (AvgIpc) is 3.59. The summed E-state index contributed by atoms with van der Waals surface area (Å²) in [7, 11) is 0. The van der Waals surface area contributed by atoms with Gasteiger partial charge in [0.1, 0.15) is 12.2 Å². The summed E-state index contributed by atoms with van der Waals surface area (Å²) in [6.07, 6.45) is 27.9. The first-order valence-electron chi connectivity index (χ1n) is 20.1. The molecule has 1 aliphatic heterocycles. The number of ether oxygens (including phenoxy) is 4. The highest BCUT2D eigenvalue weighted by Gasteiger charge is 2.23. The van der Waals surface area contributed by atoms with Gasteiger partial charge in [0.2, 0.25) is 0 Å². The molecule has 0 N–H and O–H groups in total. The van der Waals surface area contributed by atoms with Crippen molar-refractivity contribution < 1.29 is 33.3 Å². The highest BCUT2D eigenvalue weighted by Crippen LogP contribution is 2.23. The number of esters is 3. The Labute approximate surface area is 289 Å². The van der Waals surface area contributed by atoms with Gasteiger partial charge in [-0.05, 0) is 70.6 Å². The Bertz CT molecular complexity index is 749. The monoisotopic (exact) mass is 667 g/mol. The fourth-order valence-electron chi connectivity index (χ4n) is 6.35. The van der Waals surface area contributed by atoms with E-state index in [4.69, 9.17) is 18.9 Å². The molecule has 0 radical (unpaired) electrons. The van der Waals surface area contributed by atoms with Gasteiger partial charge in [-0.1, -0.05) is 117 Å². The summed E-state index contributed by atoms with van der Waals surface area (Å²) >= 11 is 0. The molecule has 47 heavy (non-hydrogen) atoms. The number of hydrogen-bond donors (Lipinski definition) is 0. The second-order valence-electron chi connectivity index (χ2n) is 13.9. The van der Waals surface area contributed by atoms with E-state index in [1.807, 2.05) is 0 Å². The average molecular weight is 667 g/mol. The van der Waals surface area contributed by atoms with Gasteiger partial charge in [0.05, 0.1) is 12.7 Å². The lowest BCUT2D eigenvalue weighted by Gasteiger charge is -2.23. The predicted octanol–water partition coefficient (Wildman–Crippen LogP) is 11.1. The summed E-state index contributed by atoms with van der Waals surface area (Å²) in [6, 6.07) is 0. The third-order valence-corrected chi connectivity index (χ3v) is 9.38. The van der Waals surface area contributed by atoms with Gasteiger partial charge in [0, 0.05) is 25.9 Å². The van der Waals surface area contributed by atoms with Gasteiger partial charge in [0.15, 0.2) is 0 Å². The lowest BCUT2D eigenvalue weighted by Crippen LogP contribution is -2.25. The van der Waals surface area contributed by atoms with E-state index >= 15 is 0 Å². The van der Waals surface area contributed by atoms with E-state index < -0.39 is 0 Å². The Balaban J connectivity index is 2.61. The van der Waals surface area contributed by atoms with E-state index in [0.717, 1.165) is 77.2 Å². The highest BCUT2D eigenvalue weighted by atomic mass is 16.6. The minimum atomic E-state index is -0.276. The quantitative estimate of drug-likeness (QED) is 0.0391. The third-order valence-electron chi connectivity index (χ3n) is 9.38. The maximum Gasteiger partial charge on any atom is 0.306 e. The van der Waals surface area contributed by atoms with Gasteiger partial charge in [-0.15, -0.1) is 0 Å². The van der Waals surface area contributed by atoms with Crippen molar-refractivity contribution in [2.24, 2.45) is 0 Å². The number of carbonyl (C=O) groups is 3. The zero-order chi connectivity index (χ0) is 34.2. The number of rotatable bonds is 33. The van der Waals surface area contributed by atoms with Crippen LogP contribution in [0.25, 0.3) is 0 Å². The Morgan fingerprint density at radius 1 is 0.553 bits per heavy atom. The zero-order valence-electron chi connectivity index (χ0n) is 31.0. The van der Waals surface area contributed by atoms with Crippen LogP contribution in [0, 0.1) is 0 Å². The van der Waals surface area contributed by atoms with E-state index in [9.17, 15) is 14.4 Å². The van der Waals surface area contributed by atoms with Gasteiger partial charge >= 0.3 is 17.9 Å². The largest absolute Gasteiger partial charge is 0.466 e. The van der Waals surface area contributed by atoms with E-state index in [1.165, 1.54) is 70.6 Å². The molecule has 3 unspecified atom stereocenters. The van der Waals surface area contributed by atoms with Gasteiger partial charge in [-0.3, -0.25) is 14.4 Å². The topological polar surface area (TPSA) is 88.1 Å². The molecular weight excluding hydrogens is 592 g/mol. The van der Waals surface area contributed by atoms with Crippen molar-refractivity contribution in [3.63, 3.8) is 0 Å². The summed E-state index contributed by atoms with van der Waals surface area (Å²) in [4.78, 5) is 37.9. The van der Waals surface area contributed by atoms with Crippen LogP contribution >= 0.6 is 0 Å². The molecule has 0 spiro atoms. The summed E-state index contributed by atoms with van der Waals surface area (Å²) in [6.45, 7) is 7.78. The first-order chi connectivity index (χ1) is 23.0. The molecule has 1 heterocycles. The Hall–Kier alpha value is -1.63. The van der Waals surface area contributed by atoms with Crippen LogP contribution in [0.5, 0.6) is 0 Å². The minimum Gasteiger partial charge on any atom is -0.466 e. The fraction of sp³-hybridized carbons (Fsp3) is 0.925. The summed E-state index contributed by atoms with van der Waals surface area (Å²) in [5.41, 5.74) is 0. The smallest absolute Gasteiger partial charge is 0.306 e. The molecule has 7 nitrogen and oxygen atoms in total. The van der Waals surface area contributed by atoms with Crippen LogP contribution in [0.2, 0.25) is 0 Å². The molecule has 0 amide bonds. The van der Waals surface area contributed by atoms with Gasteiger partial charge in [-0.25, -0.2) is 0 Å². The normalized spacial score (nSPS) is 15.8. The van der Waals surface area contributed by atoms with Crippen molar-refractivity contribution in [2.75, 3.05) is 13.2 Å². The van der Waals surface area contributed by atoms with E-state index in [-0.39, 0.29) is 36.2 Å². The Morgan fingerprint density at radius 3 is 1.47 bits per heavy atom. The Morgan fingerprint density at radius 2 is 1.00 bits per heavy atom. The van der Waals surface area contributed by atoms with Crippen molar-refractivity contribution >= 4 is 17.9 Å². The maximum absolute atomic E-state index is 12.8. The van der Waals surface area contributed by atoms with Crippen LogP contribution in [0.4, 0.5) is 0 Å². The molecule has 1 rings (SSSR count). The number of unbranched alkanes of at least 4 members (excludes halogenated alkanes) is 15. The number of hydrogen-bond acceptors (Lipinski definition) is 7. The summed E-state index contributed by atoms with van der Waals surface area (Å²) in [5.74, 6) is -0.406. The van der Waals surface area contributed by atoms with Gasteiger partial charge in [0.25, 0.3) is 0 Å². The third kappa shape index (κ3) is 26.9. The molecule has 0 aromatic rings. The number of carbonyl (C=O) groups excluding carboxylic acids is 3. The highest BCUT2D eigenvalue weighted by molar-refractivity contribution is 5.70. The molecule has 0 aliphatic carbocycles. The summed E-state index contributed by atoms with van der Waals surface area (Å²) < 4.78 is 23.4. The van der Waals surface area contributed by atoms with Gasteiger partial charge < -0.3 is 18.9 Å². The van der Waals surface area contributed by atoms with Crippen molar-refractivity contribution in [1.29, 1.82) is 0 Å². The van der Waals surface area contributed by atoms with E-state index in [2.05, 4.69) is 20.8 Å². The van der Waals surface area contributed by atoms with Crippen LogP contribution in [0.3, 0.4) is 0 Å². The van der Waals surface area contributed by atoms with Crippen LogP contribution in [-0.4, -0.2) is 49.4 Å².